The summed E-state index contributed by atoms with van der Waals surface area (Å²) in [4.78, 5) is 0.357. The van der Waals surface area contributed by atoms with Crippen molar-refractivity contribution in [1.82, 2.24) is 0 Å². The Labute approximate surface area is 126 Å². The minimum absolute atomic E-state index is 0.357. The van der Waals surface area contributed by atoms with E-state index in [1.165, 1.54) is 25.7 Å². The van der Waals surface area contributed by atoms with Crippen LogP contribution in [0.15, 0.2) is 18.2 Å². The third kappa shape index (κ3) is 3.93. The van der Waals surface area contributed by atoms with Crippen LogP contribution in [0.25, 0.3) is 0 Å². The summed E-state index contributed by atoms with van der Waals surface area (Å²) in [5.41, 5.74) is 7.59. The van der Waals surface area contributed by atoms with Crippen molar-refractivity contribution in [1.29, 1.82) is 0 Å². The van der Waals surface area contributed by atoms with Gasteiger partial charge in [0.1, 0.15) is 10.7 Å². The first-order chi connectivity index (χ1) is 9.60. The van der Waals surface area contributed by atoms with Gasteiger partial charge in [-0.2, -0.15) is 0 Å². The van der Waals surface area contributed by atoms with E-state index < -0.39 is 0 Å². The number of rotatable bonds is 5. The maximum atomic E-state index is 6.00. The molecule has 2 rings (SSSR count). The van der Waals surface area contributed by atoms with E-state index in [1.807, 2.05) is 18.2 Å². The number of hydrogen-bond acceptors (Lipinski definition) is 3. The van der Waals surface area contributed by atoms with E-state index in [-0.39, 0.29) is 0 Å². The van der Waals surface area contributed by atoms with E-state index in [0.717, 1.165) is 17.0 Å². The summed E-state index contributed by atoms with van der Waals surface area (Å²) < 4.78 is 11.3. The summed E-state index contributed by atoms with van der Waals surface area (Å²) >= 11 is 5.05. The molecule has 0 bridgehead atoms. The lowest BCUT2D eigenvalue weighted by molar-refractivity contribution is 0.00876. The molecule has 0 spiro atoms. The van der Waals surface area contributed by atoms with Crippen LogP contribution in [-0.2, 0) is 11.3 Å². The van der Waals surface area contributed by atoms with E-state index in [1.54, 1.807) is 7.11 Å². The second-order valence-electron chi connectivity index (χ2n) is 5.59. The first kappa shape index (κ1) is 15.3. The molecular weight excluding hydrogens is 270 g/mol. The van der Waals surface area contributed by atoms with Crippen molar-refractivity contribution in [3.8, 4) is 5.75 Å². The molecule has 110 valence electrons. The Morgan fingerprint density at radius 1 is 1.30 bits per heavy atom. The summed E-state index contributed by atoms with van der Waals surface area (Å²) in [6.07, 6.45) is 5.26. The summed E-state index contributed by atoms with van der Waals surface area (Å²) in [6, 6.07) is 5.87. The first-order valence-corrected chi connectivity index (χ1v) is 7.59. The zero-order valence-corrected chi connectivity index (χ0v) is 13.0. The molecule has 0 amide bonds. The molecule has 0 aliphatic heterocycles. The van der Waals surface area contributed by atoms with Crippen molar-refractivity contribution in [2.75, 3.05) is 7.11 Å². The van der Waals surface area contributed by atoms with Crippen molar-refractivity contribution in [2.24, 2.45) is 11.7 Å². The molecule has 1 aliphatic rings. The van der Waals surface area contributed by atoms with Gasteiger partial charge in [0.15, 0.2) is 0 Å². The van der Waals surface area contributed by atoms with Crippen molar-refractivity contribution < 1.29 is 9.47 Å². The number of thiocarbonyl (C=S) groups is 1. The first-order valence-electron chi connectivity index (χ1n) is 7.18. The molecule has 0 unspecified atom stereocenters. The van der Waals surface area contributed by atoms with Gasteiger partial charge in [-0.15, -0.1) is 0 Å². The number of nitrogens with two attached hydrogens (primary N) is 1. The molecule has 4 heteroatoms. The fourth-order valence-electron chi connectivity index (χ4n) is 2.65. The van der Waals surface area contributed by atoms with Gasteiger partial charge in [0, 0.05) is 0 Å². The molecule has 1 saturated carbocycles. The maximum Gasteiger partial charge on any atom is 0.129 e. The highest BCUT2D eigenvalue weighted by atomic mass is 32.1. The minimum Gasteiger partial charge on any atom is -0.496 e. The van der Waals surface area contributed by atoms with Gasteiger partial charge in [0.2, 0.25) is 0 Å². The second-order valence-corrected chi connectivity index (χ2v) is 6.03. The molecule has 0 saturated heterocycles. The lowest BCUT2D eigenvalue weighted by Crippen LogP contribution is -2.20. The van der Waals surface area contributed by atoms with Crippen LogP contribution < -0.4 is 10.5 Å². The van der Waals surface area contributed by atoms with E-state index in [2.05, 4.69) is 6.92 Å². The van der Waals surface area contributed by atoms with Crippen molar-refractivity contribution in [3.63, 3.8) is 0 Å². The fourth-order valence-corrected chi connectivity index (χ4v) is 2.81. The van der Waals surface area contributed by atoms with Gasteiger partial charge < -0.3 is 15.2 Å². The van der Waals surface area contributed by atoms with E-state index in [0.29, 0.717) is 23.4 Å². The van der Waals surface area contributed by atoms with Gasteiger partial charge in [-0.25, -0.2) is 0 Å². The largest absolute Gasteiger partial charge is 0.496 e. The molecule has 0 radical (unpaired) electrons. The topological polar surface area (TPSA) is 44.5 Å². The Morgan fingerprint density at radius 3 is 2.60 bits per heavy atom. The summed E-state index contributed by atoms with van der Waals surface area (Å²) in [6.45, 7) is 2.92. The van der Waals surface area contributed by atoms with Gasteiger partial charge in [0.05, 0.1) is 25.4 Å². The summed E-state index contributed by atoms with van der Waals surface area (Å²) in [5.74, 6) is 1.56. The highest BCUT2D eigenvalue weighted by Crippen LogP contribution is 2.27. The fraction of sp³-hybridized carbons (Fsp3) is 0.562. The highest BCUT2D eigenvalue weighted by Gasteiger charge is 2.18. The number of ether oxygens (including phenoxy) is 2. The Kier molecular flexibility index (Phi) is 5.38. The van der Waals surface area contributed by atoms with Crippen LogP contribution in [0.3, 0.4) is 0 Å². The molecule has 1 aromatic rings. The predicted octanol–water partition coefficient (Wildman–Crippen LogP) is 3.42. The average molecular weight is 293 g/mol. The molecule has 0 heterocycles. The van der Waals surface area contributed by atoms with Gasteiger partial charge in [0.25, 0.3) is 0 Å². The van der Waals surface area contributed by atoms with Crippen LogP contribution in [0.5, 0.6) is 5.75 Å². The Balaban J connectivity index is 1.96. The Hall–Kier alpha value is -1.13. The number of benzene rings is 1. The van der Waals surface area contributed by atoms with E-state index in [4.69, 9.17) is 27.4 Å². The lowest BCUT2D eigenvalue weighted by atomic mass is 9.89. The van der Waals surface area contributed by atoms with Crippen LogP contribution in [0.1, 0.15) is 43.7 Å². The smallest absolute Gasteiger partial charge is 0.129 e. The van der Waals surface area contributed by atoms with Crippen LogP contribution in [0.2, 0.25) is 0 Å². The predicted molar refractivity (Wildman–Crippen MR) is 85.1 cm³/mol. The van der Waals surface area contributed by atoms with E-state index >= 15 is 0 Å². The Bertz CT molecular complexity index is 468. The van der Waals surface area contributed by atoms with Gasteiger partial charge in [-0.1, -0.05) is 25.2 Å². The zero-order chi connectivity index (χ0) is 14.5. The Morgan fingerprint density at radius 2 is 2.00 bits per heavy atom. The molecule has 0 aromatic heterocycles. The van der Waals surface area contributed by atoms with E-state index in [9.17, 15) is 0 Å². The van der Waals surface area contributed by atoms with Crippen molar-refractivity contribution >= 4 is 17.2 Å². The van der Waals surface area contributed by atoms with Crippen molar-refractivity contribution in [3.05, 3.63) is 29.3 Å². The molecule has 2 N–H and O–H groups in total. The molecule has 0 atom stereocenters. The molecule has 3 nitrogen and oxygen atoms in total. The van der Waals surface area contributed by atoms with Gasteiger partial charge in [-0.3, -0.25) is 0 Å². The van der Waals surface area contributed by atoms with Crippen LogP contribution in [-0.4, -0.2) is 18.2 Å². The standard InChI is InChI=1S/C16H23NO2S/c1-11-3-6-13(7-4-11)19-10-12-5-8-15(18-2)14(9-12)16(17)20/h5,8-9,11,13H,3-4,6-7,10H2,1-2H3,(H2,17,20). The monoisotopic (exact) mass is 293 g/mol. The normalized spacial score (nSPS) is 22.5. The average Bonchev–Trinajstić information content (AvgIpc) is 2.46. The highest BCUT2D eigenvalue weighted by molar-refractivity contribution is 7.80. The van der Waals surface area contributed by atoms with Crippen LogP contribution >= 0.6 is 12.2 Å². The molecule has 20 heavy (non-hydrogen) atoms. The molecular formula is C16H23NO2S. The minimum atomic E-state index is 0.357. The SMILES string of the molecule is COc1ccc(COC2CCC(C)CC2)cc1C(N)=S. The van der Waals surface area contributed by atoms with Gasteiger partial charge in [-0.05, 0) is 49.3 Å². The number of methoxy groups -OCH3 is 1. The third-order valence-corrected chi connectivity index (χ3v) is 4.20. The van der Waals surface area contributed by atoms with Crippen LogP contribution in [0.4, 0.5) is 0 Å². The van der Waals surface area contributed by atoms with Gasteiger partial charge >= 0.3 is 0 Å². The maximum absolute atomic E-state index is 6.00. The quantitative estimate of drug-likeness (QED) is 0.845. The molecule has 1 aliphatic carbocycles. The summed E-state index contributed by atoms with van der Waals surface area (Å²) in [7, 11) is 1.62. The third-order valence-electron chi connectivity index (χ3n) is 3.98. The zero-order valence-electron chi connectivity index (χ0n) is 12.2. The number of hydrogen-bond donors (Lipinski definition) is 1. The van der Waals surface area contributed by atoms with Crippen LogP contribution in [0, 0.1) is 5.92 Å². The van der Waals surface area contributed by atoms with Crippen molar-refractivity contribution in [2.45, 2.75) is 45.3 Å². The lowest BCUT2D eigenvalue weighted by Gasteiger charge is -2.26. The molecule has 1 fully saturated rings. The molecule has 1 aromatic carbocycles. The summed E-state index contributed by atoms with van der Waals surface area (Å²) in [5, 5.41) is 0. The second kappa shape index (κ2) is 7.04.